The third-order valence-corrected chi connectivity index (χ3v) is 2.70. The van der Waals surface area contributed by atoms with Crippen LogP contribution in [-0.4, -0.2) is 24.2 Å². The largest absolute Gasteiger partial charge is 0.467 e. The number of nitrogens with zero attached hydrogens (tertiary/aromatic N) is 1. The van der Waals surface area contributed by atoms with E-state index in [1.165, 1.54) is 12.8 Å². The monoisotopic (exact) mass is 221 g/mol. The fourth-order valence-corrected chi connectivity index (χ4v) is 1.84. The number of rotatable bonds is 5. The second-order valence-electron chi connectivity index (χ2n) is 3.87. The lowest BCUT2D eigenvalue weighted by Crippen LogP contribution is -2.12. The van der Waals surface area contributed by atoms with Gasteiger partial charge in [0.15, 0.2) is 13.1 Å². The summed E-state index contributed by atoms with van der Waals surface area (Å²) in [6.07, 6.45) is 7.33. The smallest absolute Gasteiger partial charge is 0.189 e. The van der Waals surface area contributed by atoms with Gasteiger partial charge < -0.3 is 9.47 Å². The first kappa shape index (κ1) is 11.1. The van der Waals surface area contributed by atoms with Crippen LogP contribution in [0.15, 0.2) is 18.3 Å². The standard InChI is InChI=1S/C12H15NO3/c14-8-10-7-12(5-6-13-10)16-9-15-11-3-1-2-4-11/h5-8,11H,1-4,9H2. The average Bonchev–Trinajstić information content (AvgIpc) is 2.82. The maximum absolute atomic E-state index is 10.5. The maximum Gasteiger partial charge on any atom is 0.189 e. The minimum Gasteiger partial charge on any atom is -0.467 e. The molecule has 0 spiro atoms. The molecular formula is C12H15NO3. The Morgan fingerprint density at radius 3 is 3.00 bits per heavy atom. The third-order valence-electron chi connectivity index (χ3n) is 2.70. The zero-order valence-corrected chi connectivity index (χ0v) is 9.09. The Hall–Kier alpha value is -1.42. The van der Waals surface area contributed by atoms with Crippen LogP contribution in [0.2, 0.25) is 0 Å². The van der Waals surface area contributed by atoms with Gasteiger partial charge in [-0.2, -0.15) is 0 Å². The van der Waals surface area contributed by atoms with Gasteiger partial charge in [0.1, 0.15) is 11.4 Å². The van der Waals surface area contributed by atoms with E-state index < -0.39 is 0 Å². The normalized spacial score (nSPS) is 16.2. The SMILES string of the molecule is O=Cc1cc(OCOC2CCCC2)ccn1. The molecule has 4 nitrogen and oxygen atoms in total. The van der Waals surface area contributed by atoms with Crippen LogP contribution in [0.4, 0.5) is 0 Å². The lowest BCUT2D eigenvalue weighted by molar-refractivity contribution is -0.0325. The molecule has 1 aromatic heterocycles. The van der Waals surface area contributed by atoms with E-state index >= 15 is 0 Å². The van der Waals surface area contributed by atoms with E-state index in [1.54, 1.807) is 18.3 Å². The Bertz CT molecular complexity index is 348. The lowest BCUT2D eigenvalue weighted by atomic mass is 10.3. The molecule has 1 aliphatic carbocycles. The summed E-state index contributed by atoms with van der Waals surface area (Å²) in [6, 6.07) is 3.32. The van der Waals surface area contributed by atoms with Crippen LogP contribution in [0, 0.1) is 0 Å². The molecule has 0 amide bonds. The molecule has 1 heterocycles. The Morgan fingerprint density at radius 1 is 1.44 bits per heavy atom. The quantitative estimate of drug-likeness (QED) is 0.565. The van der Waals surface area contributed by atoms with E-state index in [0.29, 0.717) is 23.8 Å². The zero-order chi connectivity index (χ0) is 11.2. The summed E-state index contributed by atoms with van der Waals surface area (Å²) in [7, 11) is 0. The van der Waals surface area contributed by atoms with E-state index in [0.717, 1.165) is 12.8 Å². The van der Waals surface area contributed by atoms with Crippen molar-refractivity contribution in [3.63, 3.8) is 0 Å². The van der Waals surface area contributed by atoms with Gasteiger partial charge in [-0.15, -0.1) is 0 Å². The molecular weight excluding hydrogens is 206 g/mol. The molecule has 0 saturated heterocycles. The second-order valence-corrected chi connectivity index (χ2v) is 3.87. The van der Waals surface area contributed by atoms with Crippen LogP contribution in [0.5, 0.6) is 5.75 Å². The molecule has 4 heteroatoms. The first-order valence-corrected chi connectivity index (χ1v) is 5.54. The van der Waals surface area contributed by atoms with E-state index in [-0.39, 0.29) is 6.79 Å². The van der Waals surface area contributed by atoms with Crippen molar-refractivity contribution in [3.8, 4) is 5.75 Å². The Morgan fingerprint density at radius 2 is 2.25 bits per heavy atom. The Labute approximate surface area is 94.6 Å². The number of carbonyl (C=O) groups is 1. The predicted octanol–water partition coefficient (Wildman–Crippen LogP) is 2.19. The molecule has 0 bridgehead atoms. The number of pyridine rings is 1. The van der Waals surface area contributed by atoms with Gasteiger partial charge in [-0.05, 0) is 18.9 Å². The van der Waals surface area contributed by atoms with Crippen molar-refractivity contribution in [3.05, 3.63) is 24.0 Å². The average molecular weight is 221 g/mol. The van der Waals surface area contributed by atoms with Gasteiger partial charge in [-0.1, -0.05) is 12.8 Å². The molecule has 1 fully saturated rings. The number of hydrogen-bond donors (Lipinski definition) is 0. The van der Waals surface area contributed by atoms with Crippen LogP contribution >= 0.6 is 0 Å². The first-order chi connectivity index (χ1) is 7.88. The fraction of sp³-hybridized carbons (Fsp3) is 0.500. The summed E-state index contributed by atoms with van der Waals surface area (Å²) >= 11 is 0. The highest BCUT2D eigenvalue weighted by atomic mass is 16.7. The van der Waals surface area contributed by atoms with E-state index in [2.05, 4.69) is 4.98 Å². The van der Waals surface area contributed by atoms with Crippen LogP contribution in [0.25, 0.3) is 0 Å². The minimum absolute atomic E-state index is 0.243. The number of aldehydes is 1. The van der Waals surface area contributed by atoms with E-state index in [9.17, 15) is 4.79 Å². The summed E-state index contributed by atoms with van der Waals surface area (Å²) in [5, 5.41) is 0. The van der Waals surface area contributed by atoms with Gasteiger partial charge >= 0.3 is 0 Å². The molecule has 0 radical (unpaired) electrons. The molecule has 0 unspecified atom stereocenters. The zero-order valence-electron chi connectivity index (χ0n) is 9.09. The molecule has 2 rings (SSSR count). The van der Waals surface area contributed by atoms with Gasteiger partial charge in [0.25, 0.3) is 0 Å². The van der Waals surface area contributed by atoms with Gasteiger partial charge in [0.05, 0.1) is 6.10 Å². The maximum atomic E-state index is 10.5. The summed E-state index contributed by atoms with van der Waals surface area (Å²) in [4.78, 5) is 14.3. The summed E-state index contributed by atoms with van der Waals surface area (Å²) in [5.41, 5.74) is 0.373. The van der Waals surface area contributed by atoms with E-state index in [1.807, 2.05) is 0 Å². The number of aromatic nitrogens is 1. The van der Waals surface area contributed by atoms with Crippen LogP contribution in [0.1, 0.15) is 36.2 Å². The third kappa shape index (κ3) is 3.03. The van der Waals surface area contributed by atoms with Gasteiger partial charge in [0, 0.05) is 12.3 Å². The molecule has 16 heavy (non-hydrogen) atoms. The molecule has 1 saturated carbocycles. The topological polar surface area (TPSA) is 48.4 Å². The van der Waals surface area contributed by atoms with Crippen LogP contribution < -0.4 is 4.74 Å². The summed E-state index contributed by atoms with van der Waals surface area (Å²) in [5.74, 6) is 0.620. The molecule has 0 N–H and O–H groups in total. The Kier molecular flexibility index (Phi) is 3.88. The highest BCUT2D eigenvalue weighted by molar-refractivity contribution is 5.72. The molecule has 0 aromatic carbocycles. The fourth-order valence-electron chi connectivity index (χ4n) is 1.84. The molecule has 1 aromatic rings. The van der Waals surface area contributed by atoms with Crippen LogP contribution in [-0.2, 0) is 4.74 Å². The number of hydrogen-bond acceptors (Lipinski definition) is 4. The highest BCUT2D eigenvalue weighted by Crippen LogP contribution is 2.21. The predicted molar refractivity (Wildman–Crippen MR) is 58.5 cm³/mol. The van der Waals surface area contributed by atoms with Gasteiger partial charge in [-0.25, -0.2) is 0 Å². The number of carbonyl (C=O) groups excluding carboxylic acids is 1. The van der Waals surface area contributed by atoms with Crippen molar-refractivity contribution < 1.29 is 14.3 Å². The van der Waals surface area contributed by atoms with Crippen LogP contribution in [0.3, 0.4) is 0 Å². The van der Waals surface area contributed by atoms with Crippen molar-refractivity contribution in [2.45, 2.75) is 31.8 Å². The second kappa shape index (κ2) is 5.61. The Balaban J connectivity index is 1.77. The van der Waals surface area contributed by atoms with Crippen molar-refractivity contribution in [2.75, 3.05) is 6.79 Å². The summed E-state index contributed by atoms with van der Waals surface area (Å²) in [6.45, 7) is 0.243. The van der Waals surface area contributed by atoms with Gasteiger partial charge in [-0.3, -0.25) is 9.78 Å². The van der Waals surface area contributed by atoms with Crippen molar-refractivity contribution >= 4 is 6.29 Å². The first-order valence-electron chi connectivity index (χ1n) is 5.54. The lowest BCUT2D eigenvalue weighted by Gasteiger charge is -2.11. The summed E-state index contributed by atoms with van der Waals surface area (Å²) < 4.78 is 10.9. The van der Waals surface area contributed by atoms with Gasteiger partial charge in [0.2, 0.25) is 0 Å². The minimum atomic E-state index is 0.243. The number of ether oxygens (including phenoxy) is 2. The van der Waals surface area contributed by atoms with E-state index in [4.69, 9.17) is 9.47 Å². The molecule has 86 valence electrons. The highest BCUT2D eigenvalue weighted by Gasteiger charge is 2.15. The van der Waals surface area contributed by atoms with Crippen molar-refractivity contribution in [1.82, 2.24) is 4.98 Å². The van der Waals surface area contributed by atoms with Crippen molar-refractivity contribution in [2.24, 2.45) is 0 Å². The molecule has 1 aliphatic rings. The van der Waals surface area contributed by atoms with Crippen molar-refractivity contribution in [1.29, 1.82) is 0 Å². The molecule has 0 atom stereocenters. The molecule has 0 aliphatic heterocycles.